The maximum absolute atomic E-state index is 14.6. The minimum Gasteiger partial charge on any atom is -0.309 e. The quantitative estimate of drug-likeness (QED) is 0.0973. The molecular weight excluding hydrogens is 949 g/mol. The summed E-state index contributed by atoms with van der Waals surface area (Å²) < 4.78 is 365. The molecule has 0 N–H and O–H groups in total. The molecule has 0 spiro atoms. The van der Waals surface area contributed by atoms with Gasteiger partial charge in [0, 0.05) is 28.8 Å². The maximum Gasteiger partial charge on any atom is 0.460 e. The molecule has 0 unspecified atom stereocenters. The largest absolute Gasteiger partial charge is 0.460 e. The number of hydrogen-bond acceptors (Lipinski definition) is 1. The molecule has 0 bridgehead atoms. The van der Waals surface area contributed by atoms with Crippen LogP contribution in [0.4, 0.5) is 114 Å². The van der Waals surface area contributed by atoms with Crippen LogP contribution in [0, 0.1) is 0 Å². The third-order valence-electron chi connectivity index (χ3n) is 9.17. The van der Waals surface area contributed by atoms with Crippen molar-refractivity contribution in [3.05, 3.63) is 90.0 Å². The number of aryl methyl sites for hydroxylation is 2. The van der Waals surface area contributed by atoms with Crippen LogP contribution in [-0.2, 0) is 17.4 Å². The standard InChI is InChI=1S/C34H21F26OP/c35-23(36,25(39,40)27(43,44)29(47,48)31(51,52)33(55,56)57)16-14-18-6-10-21(11-7-18)62(61,20-4-2-1-3-5-20)22-12-8-19(9-13-22)15-17-24(37,38)26(41,42)28(45,46)30(49,50)32(53,54)34(58,59)60/h1-13H,14-17H2. The first kappa shape index (κ1) is 52.4. The molecule has 0 radical (unpaired) electrons. The lowest BCUT2D eigenvalue weighted by Crippen LogP contribution is -2.70. The van der Waals surface area contributed by atoms with Crippen LogP contribution in [0.25, 0.3) is 0 Å². The Hall–Kier alpha value is -3.93. The molecule has 0 aromatic heterocycles. The first-order valence-corrected chi connectivity index (χ1v) is 17.9. The molecule has 0 fully saturated rings. The summed E-state index contributed by atoms with van der Waals surface area (Å²) in [5.41, 5.74) is -1.20. The van der Waals surface area contributed by atoms with Gasteiger partial charge in [0.2, 0.25) is 0 Å². The Kier molecular flexibility index (Phi) is 13.5. The van der Waals surface area contributed by atoms with Crippen molar-refractivity contribution >= 4 is 23.1 Å². The topological polar surface area (TPSA) is 17.1 Å². The molecule has 3 rings (SSSR count). The lowest BCUT2D eigenvalue weighted by molar-refractivity contribution is -0.440. The van der Waals surface area contributed by atoms with Crippen molar-refractivity contribution in [1.29, 1.82) is 0 Å². The number of rotatable bonds is 17. The molecule has 28 heteroatoms. The van der Waals surface area contributed by atoms with E-state index in [-0.39, 0.29) is 15.9 Å². The average molecular weight is 970 g/mol. The number of hydrogen-bond donors (Lipinski definition) is 0. The van der Waals surface area contributed by atoms with Crippen LogP contribution in [0.3, 0.4) is 0 Å². The Morgan fingerprint density at radius 2 is 0.548 bits per heavy atom. The fraction of sp³-hybridized carbons (Fsp3) is 0.471. The fourth-order valence-electron chi connectivity index (χ4n) is 5.35. The maximum atomic E-state index is 14.6. The minimum atomic E-state index is -8.12. The number of halogens is 26. The predicted molar refractivity (Wildman–Crippen MR) is 164 cm³/mol. The fourth-order valence-corrected chi connectivity index (χ4v) is 7.98. The van der Waals surface area contributed by atoms with Crippen LogP contribution in [-0.4, -0.2) is 71.6 Å². The molecule has 0 heterocycles. The van der Waals surface area contributed by atoms with Crippen LogP contribution in [0.15, 0.2) is 78.9 Å². The molecule has 0 aliphatic carbocycles. The van der Waals surface area contributed by atoms with Crippen molar-refractivity contribution in [2.24, 2.45) is 0 Å². The predicted octanol–water partition coefficient (Wildman–Crippen LogP) is 12.7. The van der Waals surface area contributed by atoms with E-state index in [4.69, 9.17) is 0 Å². The van der Waals surface area contributed by atoms with Gasteiger partial charge in [-0.15, -0.1) is 0 Å². The molecule has 0 atom stereocenters. The molecular formula is C34H21F26OP. The van der Waals surface area contributed by atoms with Gasteiger partial charge in [0.25, 0.3) is 0 Å². The zero-order valence-corrected chi connectivity index (χ0v) is 30.4. The van der Waals surface area contributed by atoms with E-state index in [0.29, 0.717) is 24.3 Å². The second-order valence-corrected chi connectivity index (χ2v) is 16.0. The minimum absolute atomic E-state index is 0.143. The van der Waals surface area contributed by atoms with Gasteiger partial charge in [-0.2, -0.15) is 114 Å². The van der Waals surface area contributed by atoms with E-state index in [9.17, 15) is 119 Å². The van der Waals surface area contributed by atoms with E-state index in [1.807, 2.05) is 0 Å². The van der Waals surface area contributed by atoms with Gasteiger partial charge in [-0.3, -0.25) is 0 Å². The van der Waals surface area contributed by atoms with E-state index in [2.05, 4.69) is 0 Å². The molecule has 0 saturated heterocycles. The Labute approximate surface area is 329 Å². The van der Waals surface area contributed by atoms with Gasteiger partial charge < -0.3 is 4.57 Å². The third-order valence-corrected chi connectivity index (χ3v) is 12.2. The molecule has 3 aromatic rings. The smallest absolute Gasteiger partial charge is 0.309 e. The highest BCUT2D eigenvalue weighted by Crippen LogP contribution is 2.62. The normalized spacial score (nSPS) is 15.3. The SMILES string of the molecule is O=P(c1ccccc1)(c1ccc(CCC(F)(F)C(F)(F)C(F)(F)C(F)(F)C(F)(F)C(F)(F)F)cc1)c1ccc(CCC(F)(F)C(F)(F)C(F)(F)C(F)(F)C(F)(F)C(F)(F)F)cc1. The Balaban J connectivity index is 1.91. The van der Waals surface area contributed by atoms with Gasteiger partial charge in [-0.25, -0.2) is 0 Å². The molecule has 3 aromatic carbocycles. The number of benzene rings is 3. The number of alkyl halides is 26. The van der Waals surface area contributed by atoms with E-state index < -0.39 is 116 Å². The first-order chi connectivity index (χ1) is 27.5. The molecule has 0 aliphatic rings. The summed E-state index contributed by atoms with van der Waals surface area (Å²) in [7, 11) is -4.34. The summed E-state index contributed by atoms with van der Waals surface area (Å²) in [6, 6.07) is 12.1. The summed E-state index contributed by atoms with van der Waals surface area (Å²) in [6.07, 6.45) is -23.5. The van der Waals surface area contributed by atoms with Gasteiger partial charge in [0.1, 0.15) is 0 Å². The van der Waals surface area contributed by atoms with Crippen molar-refractivity contribution < 1.29 is 119 Å². The van der Waals surface area contributed by atoms with Gasteiger partial charge in [-0.1, -0.05) is 78.9 Å². The van der Waals surface area contributed by atoms with E-state index in [1.165, 1.54) is 30.3 Å². The zero-order valence-electron chi connectivity index (χ0n) is 29.5. The first-order valence-electron chi connectivity index (χ1n) is 16.2. The Morgan fingerprint density at radius 1 is 0.306 bits per heavy atom. The lowest BCUT2D eigenvalue weighted by Gasteiger charge is -2.39. The lowest BCUT2D eigenvalue weighted by atomic mass is 9.91. The second kappa shape index (κ2) is 15.9. The highest BCUT2D eigenvalue weighted by atomic mass is 31.2. The monoisotopic (exact) mass is 970 g/mol. The van der Waals surface area contributed by atoms with Crippen LogP contribution < -0.4 is 15.9 Å². The van der Waals surface area contributed by atoms with Crippen LogP contribution in [0.1, 0.15) is 24.0 Å². The van der Waals surface area contributed by atoms with Crippen molar-refractivity contribution in [3.63, 3.8) is 0 Å². The summed E-state index contributed by atoms with van der Waals surface area (Å²) >= 11 is 0. The Bertz CT molecular complexity index is 1930. The summed E-state index contributed by atoms with van der Waals surface area (Å²) in [5, 5.41) is -0.860. The van der Waals surface area contributed by atoms with E-state index >= 15 is 0 Å². The van der Waals surface area contributed by atoms with Gasteiger partial charge >= 0.3 is 71.6 Å². The van der Waals surface area contributed by atoms with Crippen LogP contribution in [0.2, 0.25) is 0 Å². The molecule has 0 saturated carbocycles. The van der Waals surface area contributed by atoms with Crippen molar-refractivity contribution in [1.82, 2.24) is 0 Å². The molecule has 62 heavy (non-hydrogen) atoms. The van der Waals surface area contributed by atoms with Crippen LogP contribution in [0.5, 0.6) is 0 Å². The summed E-state index contributed by atoms with van der Waals surface area (Å²) in [4.78, 5) is 0. The average Bonchev–Trinajstić information content (AvgIpc) is 3.15. The molecule has 350 valence electrons. The highest BCUT2D eigenvalue weighted by molar-refractivity contribution is 7.85. The van der Waals surface area contributed by atoms with E-state index in [0.717, 1.165) is 24.3 Å². The van der Waals surface area contributed by atoms with Crippen LogP contribution >= 0.6 is 7.14 Å². The van der Waals surface area contributed by atoms with Crippen molar-refractivity contribution in [3.8, 4) is 0 Å². The van der Waals surface area contributed by atoms with Gasteiger partial charge in [0.05, 0.1) is 0 Å². The zero-order chi connectivity index (χ0) is 48.4. The van der Waals surface area contributed by atoms with Crippen molar-refractivity contribution in [2.45, 2.75) is 97.3 Å². The molecule has 0 amide bonds. The third kappa shape index (κ3) is 8.19. The molecule has 1 nitrogen and oxygen atoms in total. The van der Waals surface area contributed by atoms with Gasteiger partial charge in [0.15, 0.2) is 7.14 Å². The Morgan fingerprint density at radius 3 is 0.806 bits per heavy atom. The summed E-state index contributed by atoms with van der Waals surface area (Å²) in [6.45, 7) is 0. The highest BCUT2D eigenvalue weighted by Gasteiger charge is 2.92. The van der Waals surface area contributed by atoms with E-state index in [1.54, 1.807) is 0 Å². The van der Waals surface area contributed by atoms with Gasteiger partial charge in [-0.05, 0) is 24.0 Å². The van der Waals surface area contributed by atoms with Crippen molar-refractivity contribution in [2.75, 3.05) is 0 Å². The molecule has 0 aliphatic heterocycles. The second-order valence-electron chi connectivity index (χ2n) is 13.3. The summed E-state index contributed by atoms with van der Waals surface area (Å²) in [5.74, 6) is -76.1.